The molecule has 1 aliphatic heterocycles. The van der Waals surface area contributed by atoms with Gasteiger partial charge in [0, 0.05) is 31.3 Å². The summed E-state index contributed by atoms with van der Waals surface area (Å²) >= 11 is 0. The van der Waals surface area contributed by atoms with E-state index in [1.165, 1.54) is 0 Å². The van der Waals surface area contributed by atoms with Gasteiger partial charge in [-0.25, -0.2) is 4.39 Å². The van der Waals surface area contributed by atoms with Crippen LogP contribution in [0.2, 0.25) is 0 Å². The number of nitro benzene ring substituents is 1. The lowest BCUT2D eigenvalue weighted by Crippen LogP contribution is -2.29. The van der Waals surface area contributed by atoms with Gasteiger partial charge < -0.3 is 10.2 Å². The van der Waals surface area contributed by atoms with Gasteiger partial charge in [0.15, 0.2) is 0 Å². The molecule has 1 atom stereocenters. The molecule has 0 radical (unpaired) electrons. The highest BCUT2D eigenvalue weighted by atomic mass is 19.1. The van der Waals surface area contributed by atoms with Gasteiger partial charge in [-0.05, 0) is 32.7 Å². The van der Waals surface area contributed by atoms with E-state index < -0.39 is 22.2 Å². The average Bonchev–Trinajstić information content (AvgIpc) is 2.83. The van der Waals surface area contributed by atoms with Crippen LogP contribution in [0.15, 0.2) is 12.1 Å². The lowest BCUT2D eigenvalue weighted by Gasteiger charge is -2.20. The molecule has 0 saturated carbocycles. The summed E-state index contributed by atoms with van der Waals surface area (Å²) in [6.45, 7) is 6.55. The number of nitrogens with zero attached hydrogens (tertiary/aromatic N) is 2. The Labute approximate surface area is 122 Å². The van der Waals surface area contributed by atoms with Gasteiger partial charge in [0.25, 0.3) is 0 Å². The molecule has 1 aromatic carbocycles. The molecule has 1 N–H and O–H groups in total. The topological polar surface area (TPSA) is 58.4 Å². The van der Waals surface area contributed by atoms with Crippen LogP contribution in [0.3, 0.4) is 0 Å². The SMILES string of the molecule is CC(C)N1CCC(CNc2cc(F)cc(F)c2[N+](=O)[O-])C1. The summed E-state index contributed by atoms with van der Waals surface area (Å²) in [5.41, 5.74) is -0.796. The first kappa shape index (κ1) is 15.6. The predicted molar refractivity (Wildman–Crippen MR) is 76.3 cm³/mol. The number of benzene rings is 1. The number of hydrogen-bond donors (Lipinski definition) is 1. The zero-order valence-electron chi connectivity index (χ0n) is 12.1. The third kappa shape index (κ3) is 3.66. The Bertz CT molecular complexity index is 537. The van der Waals surface area contributed by atoms with Crippen LogP contribution >= 0.6 is 0 Å². The van der Waals surface area contributed by atoms with Gasteiger partial charge in [-0.1, -0.05) is 0 Å². The highest BCUT2D eigenvalue weighted by Gasteiger charge is 2.26. The first-order valence-corrected chi connectivity index (χ1v) is 7.00. The van der Waals surface area contributed by atoms with Crippen molar-refractivity contribution in [2.75, 3.05) is 25.0 Å². The second-order valence-electron chi connectivity index (χ2n) is 5.67. The van der Waals surface area contributed by atoms with Gasteiger partial charge in [0.1, 0.15) is 11.5 Å². The number of nitro groups is 1. The van der Waals surface area contributed by atoms with Crippen molar-refractivity contribution in [3.63, 3.8) is 0 Å². The van der Waals surface area contributed by atoms with Crippen LogP contribution < -0.4 is 5.32 Å². The largest absolute Gasteiger partial charge is 0.379 e. The second kappa shape index (κ2) is 6.34. The monoisotopic (exact) mass is 299 g/mol. The van der Waals surface area contributed by atoms with Gasteiger partial charge in [0.2, 0.25) is 5.82 Å². The Morgan fingerprint density at radius 3 is 2.76 bits per heavy atom. The molecule has 1 aliphatic rings. The van der Waals surface area contributed by atoms with E-state index in [-0.39, 0.29) is 5.69 Å². The smallest absolute Gasteiger partial charge is 0.327 e. The van der Waals surface area contributed by atoms with Crippen LogP contribution in [0.4, 0.5) is 20.2 Å². The Balaban J connectivity index is 2.05. The fraction of sp³-hybridized carbons (Fsp3) is 0.571. The van der Waals surface area contributed by atoms with Crippen LogP contribution in [0.5, 0.6) is 0 Å². The van der Waals surface area contributed by atoms with Gasteiger partial charge >= 0.3 is 5.69 Å². The average molecular weight is 299 g/mol. The Kier molecular flexibility index (Phi) is 4.72. The molecule has 1 aromatic rings. The van der Waals surface area contributed by atoms with Crippen LogP contribution in [0.25, 0.3) is 0 Å². The van der Waals surface area contributed by atoms with E-state index in [0.29, 0.717) is 24.6 Å². The van der Waals surface area contributed by atoms with E-state index in [9.17, 15) is 18.9 Å². The minimum absolute atomic E-state index is 0.0968. The number of nitrogens with one attached hydrogen (secondary N) is 1. The minimum Gasteiger partial charge on any atom is -0.379 e. The summed E-state index contributed by atoms with van der Waals surface area (Å²) < 4.78 is 26.7. The molecule has 2 rings (SSSR count). The molecule has 1 unspecified atom stereocenters. The van der Waals surface area contributed by atoms with Gasteiger partial charge in [-0.15, -0.1) is 0 Å². The number of anilines is 1. The molecule has 0 aromatic heterocycles. The first-order chi connectivity index (χ1) is 9.88. The van der Waals surface area contributed by atoms with Crippen molar-refractivity contribution in [1.29, 1.82) is 0 Å². The summed E-state index contributed by atoms with van der Waals surface area (Å²) in [5.74, 6) is -1.66. The maximum absolute atomic E-state index is 13.5. The van der Waals surface area contributed by atoms with Gasteiger partial charge in [0.05, 0.1) is 4.92 Å². The maximum atomic E-state index is 13.5. The molecule has 1 heterocycles. The lowest BCUT2D eigenvalue weighted by atomic mass is 10.1. The summed E-state index contributed by atoms with van der Waals surface area (Å²) in [5, 5.41) is 13.7. The molecule has 0 amide bonds. The summed E-state index contributed by atoms with van der Waals surface area (Å²) in [6.07, 6.45) is 0.969. The predicted octanol–water partition coefficient (Wildman–Crippen LogP) is 3.02. The first-order valence-electron chi connectivity index (χ1n) is 7.00. The van der Waals surface area contributed by atoms with Gasteiger partial charge in [-0.3, -0.25) is 10.1 Å². The summed E-state index contributed by atoms with van der Waals surface area (Å²) in [7, 11) is 0. The van der Waals surface area contributed by atoms with E-state index in [1.807, 2.05) is 0 Å². The summed E-state index contributed by atoms with van der Waals surface area (Å²) in [6, 6.07) is 1.95. The molecular formula is C14H19F2N3O2. The molecule has 116 valence electrons. The van der Waals surface area contributed by atoms with E-state index >= 15 is 0 Å². The molecule has 0 aliphatic carbocycles. The summed E-state index contributed by atoms with van der Waals surface area (Å²) in [4.78, 5) is 12.4. The maximum Gasteiger partial charge on any atom is 0.327 e. The van der Waals surface area contributed by atoms with Crippen LogP contribution in [-0.4, -0.2) is 35.5 Å². The van der Waals surface area contributed by atoms with Crippen LogP contribution in [-0.2, 0) is 0 Å². The zero-order chi connectivity index (χ0) is 15.6. The quantitative estimate of drug-likeness (QED) is 0.670. The van der Waals surface area contributed by atoms with Crippen molar-refractivity contribution in [3.05, 3.63) is 33.9 Å². The van der Waals surface area contributed by atoms with Crippen molar-refractivity contribution in [2.45, 2.75) is 26.3 Å². The molecular weight excluding hydrogens is 280 g/mol. The molecule has 1 saturated heterocycles. The van der Waals surface area contributed by atoms with Crippen molar-refractivity contribution >= 4 is 11.4 Å². The van der Waals surface area contributed by atoms with Gasteiger partial charge in [-0.2, -0.15) is 4.39 Å². The van der Waals surface area contributed by atoms with E-state index in [4.69, 9.17) is 0 Å². The van der Waals surface area contributed by atoms with E-state index in [0.717, 1.165) is 25.6 Å². The highest BCUT2D eigenvalue weighted by molar-refractivity contribution is 5.62. The molecule has 1 fully saturated rings. The Morgan fingerprint density at radius 2 is 2.19 bits per heavy atom. The fourth-order valence-electron chi connectivity index (χ4n) is 2.64. The lowest BCUT2D eigenvalue weighted by molar-refractivity contribution is -0.386. The molecule has 21 heavy (non-hydrogen) atoms. The number of likely N-dealkylation sites (tertiary alicyclic amines) is 1. The highest BCUT2D eigenvalue weighted by Crippen LogP contribution is 2.29. The van der Waals surface area contributed by atoms with Crippen molar-refractivity contribution in [3.8, 4) is 0 Å². The van der Waals surface area contributed by atoms with Crippen molar-refractivity contribution in [2.24, 2.45) is 5.92 Å². The van der Waals surface area contributed by atoms with Crippen molar-refractivity contribution in [1.82, 2.24) is 4.90 Å². The number of hydrogen-bond acceptors (Lipinski definition) is 4. The fourth-order valence-corrected chi connectivity index (χ4v) is 2.64. The zero-order valence-corrected chi connectivity index (χ0v) is 12.1. The molecule has 0 bridgehead atoms. The molecule has 7 heteroatoms. The number of halogens is 2. The van der Waals surface area contributed by atoms with Crippen LogP contribution in [0, 0.1) is 27.7 Å². The van der Waals surface area contributed by atoms with Crippen molar-refractivity contribution < 1.29 is 13.7 Å². The van der Waals surface area contributed by atoms with E-state index in [2.05, 4.69) is 24.1 Å². The number of rotatable bonds is 5. The second-order valence-corrected chi connectivity index (χ2v) is 5.67. The normalized spacial score (nSPS) is 19.2. The Hall–Kier alpha value is -1.76. The minimum atomic E-state index is -1.15. The Morgan fingerprint density at radius 1 is 1.48 bits per heavy atom. The molecule has 0 spiro atoms. The van der Waals surface area contributed by atoms with E-state index in [1.54, 1.807) is 0 Å². The third-order valence-electron chi connectivity index (χ3n) is 3.84. The van der Waals surface area contributed by atoms with Crippen LogP contribution in [0.1, 0.15) is 20.3 Å². The third-order valence-corrected chi connectivity index (χ3v) is 3.84. The molecule has 5 nitrogen and oxygen atoms in total. The standard InChI is InChI=1S/C14H19F2N3O2/c1-9(2)18-4-3-10(8-18)7-17-13-6-11(15)5-12(16)14(13)19(20)21/h5-6,9-10,17H,3-4,7-8H2,1-2H3.